The molecule has 0 spiro atoms. The molecule has 4 nitrogen and oxygen atoms in total. The van der Waals surface area contributed by atoms with Crippen LogP contribution in [0.4, 0.5) is 0 Å². The molecule has 0 aromatic heterocycles. The average Bonchev–Trinajstić information content (AvgIpc) is 3.01. The third kappa shape index (κ3) is 2.22. The van der Waals surface area contributed by atoms with Crippen LogP contribution in [-0.2, 0) is 6.54 Å². The second-order valence-corrected chi connectivity index (χ2v) is 4.12. The molecule has 1 aromatic carbocycles. The van der Waals surface area contributed by atoms with Crippen LogP contribution in [0.3, 0.4) is 0 Å². The van der Waals surface area contributed by atoms with Crippen LogP contribution in [0.2, 0.25) is 0 Å². The molecule has 0 amide bonds. The highest BCUT2D eigenvalue weighted by atomic mass is 16.3. The Bertz CT molecular complexity index is 361. The number of nitrogens with one attached hydrogen (secondary N) is 1. The summed E-state index contributed by atoms with van der Waals surface area (Å²) < 4.78 is 0. The molecule has 1 aromatic rings. The van der Waals surface area contributed by atoms with Crippen molar-refractivity contribution < 1.29 is 15.3 Å². The molecular weight excluding hydrogens is 194 g/mol. The van der Waals surface area contributed by atoms with Gasteiger partial charge in [-0.2, -0.15) is 0 Å². The molecule has 0 bridgehead atoms. The maximum absolute atomic E-state index is 9.28. The first-order chi connectivity index (χ1) is 7.15. The van der Waals surface area contributed by atoms with Crippen molar-refractivity contribution in [3.63, 3.8) is 0 Å². The number of aliphatic hydroxyl groups excluding tert-OH is 1. The van der Waals surface area contributed by atoms with Crippen LogP contribution in [0.1, 0.15) is 18.4 Å². The summed E-state index contributed by atoms with van der Waals surface area (Å²) in [5.74, 6) is -0.217. The summed E-state index contributed by atoms with van der Waals surface area (Å²) in [4.78, 5) is 0. The average molecular weight is 209 g/mol. The Hall–Kier alpha value is -1.26. The molecule has 0 saturated heterocycles. The molecular formula is C11H15NO3. The van der Waals surface area contributed by atoms with Crippen molar-refractivity contribution in [1.29, 1.82) is 0 Å². The van der Waals surface area contributed by atoms with E-state index in [2.05, 4.69) is 5.32 Å². The predicted octanol–water partition coefficient (Wildman–Crippen LogP) is 0.712. The third-order valence-corrected chi connectivity index (χ3v) is 2.86. The van der Waals surface area contributed by atoms with Crippen molar-refractivity contribution in [3.05, 3.63) is 23.8 Å². The van der Waals surface area contributed by atoms with Crippen molar-refractivity contribution in [3.8, 4) is 11.5 Å². The van der Waals surface area contributed by atoms with E-state index in [0.717, 1.165) is 18.4 Å². The van der Waals surface area contributed by atoms with E-state index in [9.17, 15) is 5.11 Å². The fourth-order valence-corrected chi connectivity index (χ4v) is 1.51. The van der Waals surface area contributed by atoms with Gasteiger partial charge in [0, 0.05) is 12.1 Å². The van der Waals surface area contributed by atoms with Gasteiger partial charge in [0.1, 0.15) is 0 Å². The van der Waals surface area contributed by atoms with Crippen molar-refractivity contribution >= 4 is 0 Å². The summed E-state index contributed by atoms with van der Waals surface area (Å²) in [7, 11) is 0. The van der Waals surface area contributed by atoms with E-state index in [4.69, 9.17) is 10.2 Å². The number of rotatable bonds is 4. The van der Waals surface area contributed by atoms with Gasteiger partial charge in [-0.15, -0.1) is 0 Å². The Morgan fingerprint density at radius 2 is 1.93 bits per heavy atom. The standard InChI is InChI=1S/C11H15NO3/c13-7-11(3-4-11)12-6-8-1-2-9(14)10(15)5-8/h1-2,5,12-15H,3-4,6-7H2. The SMILES string of the molecule is OCC1(NCc2ccc(O)c(O)c2)CC1. The number of aromatic hydroxyl groups is 2. The van der Waals surface area contributed by atoms with Gasteiger partial charge in [0.15, 0.2) is 11.5 Å². The molecule has 1 aliphatic rings. The summed E-state index contributed by atoms with van der Waals surface area (Å²) in [5.41, 5.74) is 0.790. The largest absolute Gasteiger partial charge is 0.504 e. The molecule has 0 aliphatic heterocycles. The molecule has 15 heavy (non-hydrogen) atoms. The topological polar surface area (TPSA) is 72.7 Å². The van der Waals surface area contributed by atoms with Gasteiger partial charge in [-0.3, -0.25) is 0 Å². The first-order valence-electron chi connectivity index (χ1n) is 5.02. The van der Waals surface area contributed by atoms with E-state index in [-0.39, 0.29) is 23.6 Å². The van der Waals surface area contributed by atoms with Gasteiger partial charge in [-0.25, -0.2) is 0 Å². The second-order valence-electron chi connectivity index (χ2n) is 4.12. The van der Waals surface area contributed by atoms with Gasteiger partial charge in [0.25, 0.3) is 0 Å². The van der Waals surface area contributed by atoms with E-state index < -0.39 is 0 Å². The van der Waals surface area contributed by atoms with E-state index in [1.807, 2.05) is 0 Å². The minimum atomic E-state index is -0.109. The van der Waals surface area contributed by atoms with Crippen molar-refractivity contribution in [2.24, 2.45) is 0 Å². The molecule has 0 heterocycles. The molecule has 2 rings (SSSR count). The highest BCUT2D eigenvalue weighted by molar-refractivity contribution is 5.40. The predicted molar refractivity (Wildman–Crippen MR) is 55.7 cm³/mol. The third-order valence-electron chi connectivity index (χ3n) is 2.86. The van der Waals surface area contributed by atoms with Crippen molar-refractivity contribution in [2.45, 2.75) is 24.9 Å². The Kier molecular flexibility index (Phi) is 2.54. The Labute approximate surface area is 88.2 Å². The second kappa shape index (κ2) is 3.72. The molecule has 4 heteroatoms. The van der Waals surface area contributed by atoms with Crippen molar-refractivity contribution in [1.82, 2.24) is 5.32 Å². The summed E-state index contributed by atoms with van der Waals surface area (Å²) >= 11 is 0. The van der Waals surface area contributed by atoms with Crippen LogP contribution in [0, 0.1) is 0 Å². The number of aliphatic hydroxyl groups is 1. The van der Waals surface area contributed by atoms with Gasteiger partial charge in [-0.05, 0) is 30.5 Å². The van der Waals surface area contributed by atoms with E-state index in [1.54, 1.807) is 6.07 Å². The van der Waals surface area contributed by atoms with Gasteiger partial charge >= 0.3 is 0 Å². The number of benzene rings is 1. The molecule has 0 unspecified atom stereocenters. The number of phenols is 2. The Balaban J connectivity index is 1.96. The number of phenolic OH excluding ortho intramolecular Hbond substituents is 2. The summed E-state index contributed by atoms with van der Waals surface area (Å²) in [5, 5.41) is 30.7. The minimum Gasteiger partial charge on any atom is -0.504 e. The molecule has 82 valence electrons. The zero-order valence-corrected chi connectivity index (χ0v) is 8.40. The molecule has 1 fully saturated rings. The lowest BCUT2D eigenvalue weighted by atomic mass is 10.2. The summed E-state index contributed by atoms with van der Waals surface area (Å²) in [6.45, 7) is 0.742. The molecule has 1 aliphatic carbocycles. The van der Waals surface area contributed by atoms with Gasteiger partial charge in [-0.1, -0.05) is 6.07 Å². The quantitative estimate of drug-likeness (QED) is 0.551. The van der Waals surface area contributed by atoms with E-state index in [0.29, 0.717) is 6.54 Å². The van der Waals surface area contributed by atoms with Crippen molar-refractivity contribution in [2.75, 3.05) is 6.61 Å². The maximum Gasteiger partial charge on any atom is 0.157 e. The normalized spacial score (nSPS) is 17.7. The monoisotopic (exact) mass is 209 g/mol. The van der Waals surface area contributed by atoms with Crippen LogP contribution < -0.4 is 5.32 Å². The Morgan fingerprint density at radius 3 is 2.47 bits per heavy atom. The number of hydrogen-bond donors (Lipinski definition) is 4. The lowest BCUT2D eigenvalue weighted by molar-refractivity contribution is 0.229. The van der Waals surface area contributed by atoms with E-state index in [1.165, 1.54) is 12.1 Å². The fraction of sp³-hybridized carbons (Fsp3) is 0.455. The van der Waals surface area contributed by atoms with Crippen LogP contribution in [-0.4, -0.2) is 27.5 Å². The van der Waals surface area contributed by atoms with Crippen LogP contribution in [0.5, 0.6) is 11.5 Å². The molecule has 1 saturated carbocycles. The van der Waals surface area contributed by atoms with Crippen LogP contribution >= 0.6 is 0 Å². The Morgan fingerprint density at radius 1 is 1.20 bits per heavy atom. The van der Waals surface area contributed by atoms with E-state index >= 15 is 0 Å². The van der Waals surface area contributed by atoms with Gasteiger partial charge in [0.05, 0.1) is 6.61 Å². The maximum atomic E-state index is 9.28. The number of hydrogen-bond acceptors (Lipinski definition) is 4. The van der Waals surface area contributed by atoms with Gasteiger partial charge < -0.3 is 20.6 Å². The smallest absolute Gasteiger partial charge is 0.157 e. The first-order valence-corrected chi connectivity index (χ1v) is 5.02. The van der Waals surface area contributed by atoms with Crippen LogP contribution in [0.25, 0.3) is 0 Å². The summed E-state index contributed by atoms with van der Waals surface area (Å²) in [6, 6.07) is 4.73. The highest BCUT2D eigenvalue weighted by Crippen LogP contribution is 2.35. The first kappa shape index (κ1) is 10.3. The highest BCUT2D eigenvalue weighted by Gasteiger charge is 2.41. The van der Waals surface area contributed by atoms with Crippen LogP contribution in [0.15, 0.2) is 18.2 Å². The fourth-order valence-electron chi connectivity index (χ4n) is 1.51. The zero-order valence-electron chi connectivity index (χ0n) is 8.40. The minimum absolute atomic E-state index is 0.104. The molecule has 0 radical (unpaired) electrons. The van der Waals surface area contributed by atoms with Gasteiger partial charge in [0.2, 0.25) is 0 Å². The summed E-state index contributed by atoms with van der Waals surface area (Å²) in [6.07, 6.45) is 1.99. The lowest BCUT2D eigenvalue weighted by Crippen LogP contribution is -2.34. The zero-order chi connectivity index (χ0) is 10.9. The molecule has 4 N–H and O–H groups in total. The lowest BCUT2D eigenvalue weighted by Gasteiger charge is -2.14. The molecule has 0 atom stereocenters.